The van der Waals surface area contributed by atoms with E-state index in [4.69, 9.17) is 27.9 Å². The summed E-state index contributed by atoms with van der Waals surface area (Å²) in [6.07, 6.45) is 2.43. The molecule has 0 bridgehead atoms. The van der Waals surface area contributed by atoms with Gasteiger partial charge in [0.1, 0.15) is 11.9 Å². The molecule has 0 unspecified atom stereocenters. The van der Waals surface area contributed by atoms with Crippen molar-refractivity contribution in [3.63, 3.8) is 0 Å². The number of aromatic nitrogens is 3. The Labute approximate surface area is 227 Å². The van der Waals surface area contributed by atoms with E-state index >= 15 is 0 Å². The van der Waals surface area contributed by atoms with E-state index in [1.807, 2.05) is 0 Å². The number of pyridine rings is 1. The molecule has 0 aliphatic rings. The van der Waals surface area contributed by atoms with Crippen LogP contribution in [0.1, 0.15) is 32.4 Å². The zero-order chi connectivity index (χ0) is 27.8. The summed E-state index contributed by atoms with van der Waals surface area (Å²) in [4.78, 5) is 24.0. The molecule has 0 saturated carbocycles. The molecule has 2 heterocycles. The number of nitrogens with one attached hydrogen (secondary N) is 1. The number of fused-ring (bicyclic) bond motifs is 1. The average Bonchev–Trinajstić information content (AvgIpc) is 3.24. The number of hydrogen-bond acceptors (Lipinski definition) is 4. The molecule has 1 amide bonds. The van der Waals surface area contributed by atoms with Gasteiger partial charge in [0.15, 0.2) is 0 Å². The molecule has 4 aromatic rings. The standard InChI is InChI=1S/C27H26Cl2F2N4O3/c1-15(2)24(33-26(37)27(3,30)31)25(16-9-18(28)12-19(29)10-16)38-21-6-7-22-17(11-21)13-32-35(22)20-5-8-23(36)34(4)14-20/h5-15,24-25H,1-4H3,(H,33,37)/t24-,25+/m0/s1. The summed E-state index contributed by atoms with van der Waals surface area (Å²) in [5, 5.41) is 8.30. The van der Waals surface area contributed by atoms with Gasteiger partial charge in [0.25, 0.3) is 5.91 Å². The Kier molecular flexibility index (Phi) is 7.80. The van der Waals surface area contributed by atoms with Crippen LogP contribution < -0.4 is 15.6 Å². The number of benzene rings is 2. The molecule has 2 aromatic heterocycles. The molecule has 0 saturated heterocycles. The van der Waals surface area contributed by atoms with Crippen LogP contribution in [-0.4, -0.2) is 32.2 Å². The van der Waals surface area contributed by atoms with Crippen LogP contribution in [0.15, 0.2) is 65.7 Å². The molecule has 7 nitrogen and oxygen atoms in total. The van der Waals surface area contributed by atoms with Crippen molar-refractivity contribution < 1.29 is 18.3 Å². The number of hydrogen-bond donors (Lipinski definition) is 1. The number of carbonyl (C=O) groups is 1. The molecule has 0 radical (unpaired) electrons. The van der Waals surface area contributed by atoms with Gasteiger partial charge in [0.05, 0.1) is 23.4 Å². The SMILES string of the molecule is CC(C)[C@H](NC(=O)C(C)(F)F)[C@H](Oc1ccc2c(cnn2-c2ccc(=O)n(C)c2)c1)c1cc(Cl)cc(Cl)c1. The van der Waals surface area contributed by atoms with Crippen LogP contribution in [0.5, 0.6) is 5.75 Å². The third-order valence-corrected chi connectivity index (χ3v) is 6.51. The van der Waals surface area contributed by atoms with Crippen LogP contribution in [0, 0.1) is 5.92 Å². The zero-order valence-electron chi connectivity index (χ0n) is 21.1. The fourth-order valence-corrected chi connectivity index (χ4v) is 4.64. The minimum absolute atomic E-state index is 0.138. The van der Waals surface area contributed by atoms with E-state index in [-0.39, 0.29) is 11.5 Å². The largest absolute Gasteiger partial charge is 0.484 e. The van der Waals surface area contributed by atoms with Crippen molar-refractivity contribution in [1.29, 1.82) is 0 Å². The minimum atomic E-state index is -3.57. The lowest BCUT2D eigenvalue weighted by molar-refractivity contribution is -0.145. The van der Waals surface area contributed by atoms with Gasteiger partial charge < -0.3 is 14.6 Å². The maximum absolute atomic E-state index is 13.8. The summed E-state index contributed by atoms with van der Waals surface area (Å²) in [6, 6.07) is 12.4. The highest BCUT2D eigenvalue weighted by Crippen LogP contribution is 2.34. The number of ether oxygens (including phenoxy) is 1. The summed E-state index contributed by atoms with van der Waals surface area (Å²) in [5.41, 5.74) is 1.84. The van der Waals surface area contributed by atoms with Gasteiger partial charge in [0.2, 0.25) is 5.56 Å². The lowest BCUT2D eigenvalue weighted by atomic mass is 9.92. The van der Waals surface area contributed by atoms with Gasteiger partial charge in [0, 0.05) is 41.7 Å². The van der Waals surface area contributed by atoms with E-state index in [2.05, 4.69) is 10.4 Å². The summed E-state index contributed by atoms with van der Waals surface area (Å²) >= 11 is 12.5. The van der Waals surface area contributed by atoms with E-state index in [0.717, 1.165) is 10.9 Å². The summed E-state index contributed by atoms with van der Waals surface area (Å²) in [6.45, 7) is 4.13. The van der Waals surface area contributed by atoms with E-state index in [1.165, 1.54) is 10.6 Å². The van der Waals surface area contributed by atoms with E-state index in [9.17, 15) is 18.4 Å². The topological polar surface area (TPSA) is 78.2 Å². The molecule has 1 N–H and O–H groups in total. The van der Waals surface area contributed by atoms with Gasteiger partial charge in [-0.3, -0.25) is 9.59 Å². The molecule has 2 aromatic carbocycles. The second kappa shape index (κ2) is 10.7. The minimum Gasteiger partial charge on any atom is -0.484 e. The van der Waals surface area contributed by atoms with Crippen molar-refractivity contribution in [2.75, 3.05) is 0 Å². The smallest absolute Gasteiger partial charge is 0.321 e. The Hall–Kier alpha value is -3.43. The number of halogens is 4. The number of aryl methyl sites for hydroxylation is 1. The predicted octanol–water partition coefficient (Wildman–Crippen LogP) is 5.95. The van der Waals surface area contributed by atoms with Crippen molar-refractivity contribution in [3.05, 3.63) is 86.9 Å². The number of alkyl halides is 2. The zero-order valence-corrected chi connectivity index (χ0v) is 22.6. The Morgan fingerprint density at radius 2 is 1.76 bits per heavy atom. The van der Waals surface area contributed by atoms with Gasteiger partial charge in [-0.1, -0.05) is 37.0 Å². The second-order valence-corrected chi connectivity index (χ2v) is 10.4. The van der Waals surface area contributed by atoms with Crippen LogP contribution in [-0.2, 0) is 11.8 Å². The normalized spacial score (nSPS) is 13.5. The Morgan fingerprint density at radius 3 is 2.37 bits per heavy atom. The number of carbonyl (C=O) groups excluding carboxylic acids is 1. The van der Waals surface area contributed by atoms with Crippen molar-refractivity contribution in [2.24, 2.45) is 13.0 Å². The first-order chi connectivity index (χ1) is 17.8. The molecular formula is C27H26Cl2F2N4O3. The number of amides is 1. The lowest BCUT2D eigenvalue weighted by Crippen LogP contribution is -2.49. The Morgan fingerprint density at radius 1 is 1.08 bits per heavy atom. The molecule has 0 fully saturated rings. The van der Waals surface area contributed by atoms with Crippen molar-refractivity contribution >= 4 is 40.0 Å². The van der Waals surface area contributed by atoms with Crippen LogP contribution in [0.4, 0.5) is 8.78 Å². The highest BCUT2D eigenvalue weighted by Gasteiger charge is 2.38. The number of nitrogens with zero attached hydrogens (tertiary/aromatic N) is 3. The van der Waals surface area contributed by atoms with Crippen LogP contribution in [0.2, 0.25) is 10.0 Å². The van der Waals surface area contributed by atoms with Crippen molar-refractivity contribution in [3.8, 4) is 11.4 Å². The highest BCUT2D eigenvalue weighted by atomic mass is 35.5. The molecule has 4 rings (SSSR count). The predicted molar refractivity (Wildman–Crippen MR) is 144 cm³/mol. The third-order valence-electron chi connectivity index (χ3n) is 6.07. The lowest BCUT2D eigenvalue weighted by Gasteiger charge is -2.32. The maximum Gasteiger partial charge on any atom is 0.321 e. The van der Waals surface area contributed by atoms with Gasteiger partial charge >= 0.3 is 5.92 Å². The molecule has 0 aliphatic heterocycles. The second-order valence-electron chi connectivity index (χ2n) is 9.49. The van der Waals surface area contributed by atoms with E-state index < -0.39 is 24.0 Å². The molecule has 2 atom stereocenters. The van der Waals surface area contributed by atoms with Gasteiger partial charge in [-0.15, -0.1) is 0 Å². The maximum atomic E-state index is 13.8. The Bertz CT molecular complexity index is 1530. The first-order valence-electron chi connectivity index (χ1n) is 11.8. The average molecular weight is 563 g/mol. The molecule has 38 heavy (non-hydrogen) atoms. The fraction of sp³-hybridized carbons (Fsp3) is 0.296. The molecular weight excluding hydrogens is 537 g/mol. The summed E-state index contributed by atoms with van der Waals surface area (Å²) in [5.74, 6) is -4.85. The van der Waals surface area contributed by atoms with E-state index in [1.54, 1.807) is 80.4 Å². The van der Waals surface area contributed by atoms with Crippen LogP contribution in [0.25, 0.3) is 16.6 Å². The first-order valence-corrected chi connectivity index (χ1v) is 12.6. The quantitative estimate of drug-likeness (QED) is 0.288. The first kappa shape index (κ1) is 27.6. The van der Waals surface area contributed by atoms with Crippen LogP contribution >= 0.6 is 23.2 Å². The number of rotatable bonds is 8. The molecule has 0 spiro atoms. The van der Waals surface area contributed by atoms with Crippen LogP contribution in [0.3, 0.4) is 0 Å². The summed E-state index contributed by atoms with van der Waals surface area (Å²) in [7, 11) is 1.66. The molecule has 11 heteroatoms. The third kappa shape index (κ3) is 6.00. The van der Waals surface area contributed by atoms with Crippen molar-refractivity contribution in [1.82, 2.24) is 19.7 Å². The van der Waals surface area contributed by atoms with Crippen molar-refractivity contribution in [2.45, 2.75) is 38.8 Å². The van der Waals surface area contributed by atoms with E-state index in [0.29, 0.717) is 34.0 Å². The van der Waals surface area contributed by atoms with Gasteiger partial charge in [-0.2, -0.15) is 13.9 Å². The van der Waals surface area contributed by atoms with Gasteiger partial charge in [-0.05, 0) is 53.9 Å². The molecule has 0 aliphatic carbocycles. The van der Waals surface area contributed by atoms with Gasteiger partial charge in [-0.25, -0.2) is 4.68 Å². The fourth-order valence-electron chi connectivity index (χ4n) is 4.10. The monoisotopic (exact) mass is 562 g/mol. The highest BCUT2D eigenvalue weighted by molar-refractivity contribution is 6.34. The summed E-state index contributed by atoms with van der Waals surface area (Å²) < 4.78 is 37.1. The Balaban J connectivity index is 1.74. The molecule has 200 valence electrons.